The minimum Gasteiger partial charge on any atom is -0.340 e. The Balaban J connectivity index is 1.75. The van der Waals surface area contributed by atoms with Crippen LogP contribution in [0.1, 0.15) is 65.5 Å². The number of rotatable bonds is 4. The van der Waals surface area contributed by atoms with E-state index in [1.165, 1.54) is 0 Å². The molecule has 1 atom stereocenters. The number of aromatic nitrogens is 5. The van der Waals surface area contributed by atoms with Crippen LogP contribution in [0.4, 0.5) is 0 Å². The van der Waals surface area contributed by atoms with Crippen LogP contribution in [0.5, 0.6) is 0 Å². The summed E-state index contributed by atoms with van der Waals surface area (Å²) in [5, 5.41) is 7.58. The summed E-state index contributed by atoms with van der Waals surface area (Å²) in [6.45, 7) is 10.1. The quantitative estimate of drug-likeness (QED) is 0.546. The first kappa shape index (κ1) is 20.7. The van der Waals surface area contributed by atoms with Crippen LogP contribution in [-0.2, 0) is 5.41 Å². The van der Waals surface area contributed by atoms with Crippen LogP contribution in [0.25, 0.3) is 5.78 Å². The van der Waals surface area contributed by atoms with E-state index in [-0.39, 0.29) is 17.4 Å². The zero-order valence-corrected chi connectivity index (χ0v) is 18.4. The fourth-order valence-electron chi connectivity index (χ4n) is 3.49. The summed E-state index contributed by atoms with van der Waals surface area (Å²) in [5.74, 6) is 0.759. The maximum atomic E-state index is 13.3. The van der Waals surface area contributed by atoms with Crippen LogP contribution in [0.2, 0.25) is 0 Å². The molecule has 0 bridgehead atoms. The Kier molecular flexibility index (Phi) is 5.27. The number of hydrogen-bond donors (Lipinski definition) is 1. The number of hydrogen-bond acceptors (Lipinski definition) is 5. The molecule has 0 fully saturated rings. The van der Waals surface area contributed by atoms with E-state index in [9.17, 15) is 4.79 Å². The monoisotopic (exact) mass is 414 g/mol. The third-order valence-electron chi connectivity index (χ3n) is 5.12. The summed E-state index contributed by atoms with van der Waals surface area (Å²) in [4.78, 5) is 26.4. The Labute approximate surface area is 181 Å². The van der Waals surface area contributed by atoms with E-state index in [0.29, 0.717) is 17.3 Å². The number of amides is 1. The zero-order chi connectivity index (χ0) is 22.2. The van der Waals surface area contributed by atoms with Crippen molar-refractivity contribution in [1.82, 2.24) is 29.9 Å². The summed E-state index contributed by atoms with van der Waals surface area (Å²) in [6.07, 6.45) is 3.49. The highest BCUT2D eigenvalue weighted by Crippen LogP contribution is 2.25. The maximum Gasteiger partial charge on any atom is 0.270 e. The van der Waals surface area contributed by atoms with Gasteiger partial charge in [-0.3, -0.25) is 9.78 Å². The van der Waals surface area contributed by atoms with Gasteiger partial charge in [0.1, 0.15) is 11.5 Å². The predicted molar refractivity (Wildman–Crippen MR) is 119 cm³/mol. The third kappa shape index (κ3) is 4.30. The lowest BCUT2D eigenvalue weighted by Gasteiger charge is -2.22. The van der Waals surface area contributed by atoms with Gasteiger partial charge in [0.15, 0.2) is 0 Å². The summed E-state index contributed by atoms with van der Waals surface area (Å²) in [6, 6.07) is 13.4. The van der Waals surface area contributed by atoms with Crippen molar-refractivity contribution >= 4 is 11.7 Å². The van der Waals surface area contributed by atoms with Crippen molar-refractivity contribution in [2.24, 2.45) is 0 Å². The first-order chi connectivity index (χ1) is 14.7. The normalized spacial score (nSPS) is 12.7. The average Bonchev–Trinajstić information content (AvgIpc) is 3.11. The van der Waals surface area contributed by atoms with Crippen molar-refractivity contribution in [1.29, 1.82) is 0 Å². The van der Waals surface area contributed by atoms with Crippen molar-refractivity contribution in [3.05, 3.63) is 88.8 Å². The fourth-order valence-corrected chi connectivity index (χ4v) is 3.49. The van der Waals surface area contributed by atoms with Gasteiger partial charge < -0.3 is 5.32 Å². The van der Waals surface area contributed by atoms with Crippen molar-refractivity contribution in [3.63, 3.8) is 0 Å². The summed E-state index contributed by atoms with van der Waals surface area (Å²) in [5.41, 5.74) is 3.97. The molecule has 158 valence electrons. The molecular formula is C24H26N6O. The third-order valence-corrected chi connectivity index (χ3v) is 5.12. The van der Waals surface area contributed by atoms with Gasteiger partial charge in [-0.2, -0.15) is 10.1 Å². The SMILES string of the molecule is Cc1ccc(C(NC(=O)c2cc(C(C)(C)C)n3nc(C)nc3n2)c2cccnc2)cc1. The molecule has 7 heteroatoms. The Morgan fingerprint density at radius 2 is 1.77 bits per heavy atom. The molecule has 7 nitrogen and oxygen atoms in total. The maximum absolute atomic E-state index is 13.3. The second kappa shape index (κ2) is 7.91. The molecule has 0 aliphatic heterocycles. The van der Waals surface area contributed by atoms with E-state index in [2.05, 4.69) is 46.1 Å². The van der Waals surface area contributed by atoms with Crippen molar-refractivity contribution in [2.75, 3.05) is 0 Å². The number of fused-ring (bicyclic) bond motifs is 1. The lowest BCUT2D eigenvalue weighted by atomic mass is 9.91. The second-order valence-corrected chi connectivity index (χ2v) is 8.75. The molecule has 1 N–H and O–H groups in total. The van der Waals surface area contributed by atoms with E-state index in [1.807, 2.05) is 50.2 Å². The van der Waals surface area contributed by atoms with Crippen molar-refractivity contribution < 1.29 is 4.79 Å². The van der Waals surface area contributed by atoms with Crippen LogP contribution in [0, 0.1) is 13.8 Å². The molecule has 4 aromatic rings. The number of pyridine rings is 1. The minimum absolute atomic E-state index is 0.240. The number of benzene rings is 1. The van der Waals surface area contributed by atoms with E-state index in [1.54, 1.807) is 23.0 Å². The molecular weight excluding hydrogens is 388 g/mol. The number of nitrogens with one attached hydrogen (secondary N) is 1. The molecule has 0 saturated heterocycles. The molecule has 4 rings (SSSR count). The molecule has 1 unspecified atom stereocenters. The first-order valence-corrected chi connectivity index (χ1v) is 10.2. The van der Waals surface area contributed by atoms with Gasteiger partial charge in [0.25, 0.3) is 11.7 Å². The summed E-state index contributed by atoms with van der Waals surface area (Å²) >= 11 is 0. The lowest BCUT2D eigenvalue weighted by Crippen LogP contribution is -2.31. The van der Waals surface area contributed by atoms with Gasteiger partial charge in [-0.05, 0) is 37.1 Å². The molecule has 3 aromatic heterocycles. The van der Waals surface area contributed by atoms with E-state index in [0.717, 1.165) is 22.4 Å². The fraction of sp³-hybridized carbons (Fsp3) is 0.292. The van der Waals surface area contributed by atoms with Crippen LogP contribution in [0.3, 0.4) is 0 Å². The Morgan fingerprint density at radius 3 is 2.42 bits per heavy atom. The first-order valence-electron chi connectivity index (χ1n) is 10.2. The van der Waals surface area contributed by atoms with Gasteiger partial charge in [-0.1, -0.05) is 56.7 Å². The number of carbonyl (C=O) groups is 1. The molecule has 0 spiro atoms. The van der Waals surface area contributed by atoms with Crippen LogP contribution in [-0.4, -0.2) is 30.5 Å². The molecule has 1 aromatic carbocycles. The largest absolute Gasteiger partial charge is 0.340 e. The lowest BCUT2D eigenvalue weighted by molar-refractivity contribution is 0.0937. The summed E-state index contributed by atoms with van der Waals surface area (Å²) in [7, 11) is 0. The van der Waals surface area contributed by atoms with Crippen molar-refractivity contribution in [2.45, 2.75) is 46.1 Å². The van der Waals surface area contributed by atoms with E-state index < -0.39 is 0 Å². The molecule has 1 amide bonds. The van der Waals surface area contributed by atoms with Crippen LogP contribution < -0.4 is 5.32 Å². The van der Waals surface area contributed by atoms with Gasteiger partial charge in [0, 0.05) is 17.8 Å². The van der Waals surface area contributed by atoms with E-state index >= 15 is 0 Å². The Morgan fingerprint density at radius 1 is 1.03 bits per heavy atom. The number of carbonyl (C=O) groups excluding carboxylic acids is 1. The van der Waals surface area contributed by atoms with Gasteiger partial charge >= 0.3 is 0 Å². The minimum atomic E-state index is -0.350. The zero-order valence-electron chi connectivity index (χ0n) is 18.4. The molecule has 0 saturated carbocycles. The molecule has 3 heterocycles. The van der Waals surface area contributed by atoms with Gasteiger partial charge in [0.05, 0.1) is 11.7 Å². The van der Waals surface area contributed by atoms with E-state index in [4.69, 9.17) is 0 Å². The Hall–Kier alpha value is -3.61. The number of nitrogens with zero attached hydrogens (tertiary/aromatic N) is 5. The van der Waals surface area contributed by atoms with Crippen LogP contribution >= 0.6 is 0 Å². The molecule has 0 aliphatic rings. The van der Waals surface area contributed by atoms with Gasteiger partial charge in [-0.25, -0.2) is 9.50 Å². The highest BCUT2D eigenvalue weighted by molar-refractivity contribution is 5.93. The molecule has 0 radical (unpaired) electrons. The van der Waals surface area contributed by atoms with Gasteiger partial charge in [-0.15, -0.1) is 0 Å². The average molecular weight is 415 g/mol. The molecule has 31 heavy (non-hydrogen) atoms. The smallest absolute Gasteiger partial charge is 0.270 e. The Bertz CT molecular complexity index is 1220. The molecule has 0 aliphatic carbocycles. The van der Waals surface area contributed by atoms with Crippen LogP contribution in [0.15, 0.2) is 54.9 Å². The highest BCUT2D eigenvalue weighted by Gasteiger charge is 2.25. The standard InChI is InChI=1S/C24H26N6O/c1-15-8-10-17(11-9-15)21(18-7-6-12-25-14-18)28-22(31)19-13-20(24(3,4)5)30-23(27-19)26-16(2)29-30/h6-14,21H,1-5H3,(H,28,31). The summed E-state index contributed by atoms with van der Waals surface area (Å²) < 4.78 is 1.71. The van der Waals surface area contributed by atoms with Gasteiger partial charge in [0.2, 0.25) is 0 Å². The topological polar surface area (TPSA) is 85.1 Å². The number of aryl methyl sites for hydroxylation is 2. The van der Waals surface area contributed by atoms with Crippen molar-refractivity contribution in [3.8, 4) is 0 Å². The second-order valence-electron chi connectivity index (χ2n) is 8.75. The highest BCUT2D eigenvalue weighted by atomic mass is 16.2. The predicted octanol–water partition coefficient (Wildman–Crippen LogP) is 3.95.